The number of carbonyl (C=O) groups excluding carboxylic acids is 1. The minimum Gasteiger partial charge on any atom is -0.314 e. The zero-order chi connectivity index (χ0) is 14.9. The minimum atomic E-state index is -0.0318. The van der Waals surface area contributed by atoms with Gasteiger partial charge in [0.15, 0.2) is 5.78 Å². The molecule has 1 aliphatic heterocycles. The van der Waals surface area contributed by atoms with Crippen LogP contribution in [0.15, 0.2) is 6.07 Å². The van der Waals surface area contributed by atoms with Crippen LogP contribution >= 0.6 is 0 Å². The van der Waals surface area contributed by atoms with Crippen molar-refractivity contribution in [3.63, 3.8) is 0 Å². The summed E-state index contributed by atoms with van der Waals surface area (Å²) in [6.45, 7) is 14.2. The van der Waals surface area contributed by atoms with Gasteiger partial charge in [-0.3, -0.25) is 9.69 Å². The summed E-state index contributed by atoms with van der Waals surface area (Å²) in [5, 5.41) is 3.34. The summed E-state index contributed by atoms with van der Waals surface area (Å²) in [6, 6.07) is 2.15. The molecule has 3 heteroatoms. The van der Waals surface area contributed by atoms with Crippen molar-refractivity contribution >= 4 is 5.78 Å². The normalized spacial score (nSPS) is 18.1. The van der Waals surface area contributed by atoms with Gasteiger partial charge < -0.3 is 5.32 Å². The van der Waals surface area contributed by atoms with Crippen LogP contribution in [0.25, 0.3) is 0 Å². The van der Waals surface area contributed by atoms with Gasteiger partial charge in [-0.2, -0.15) is 0 Å². The Morgan fingerprint density at radius 2 is 1.60 bits per heavy atom. The predicted octanol–water partition coefficient (Wildman–Crippen LogP) is 2.40. The van der Waals surface area contributed by atoms with Gasteiger partial charge in [-0.15, -0.1) is 0 Å². The Morgan fingerprint density at radius 3 is 2.10 bits per heavy atom. The van der Waals surface area contributed by atoms with Gasteiger partial charge in [0, 0.05) is 31.7 Å². The summed E-state index contributed by atoms with van der Waals surface area (Å²) in [6.07, 6.45) is 0. The van der Waals surface area contributed by atoms with Crippen molar-refractivity contribution in [3.05, 3.63) is 33.9 Å². The lowest BCUT2D eigenvalue weighted by atomic mass is 9.89. The van der Waals surface area contributed by atoms with Gasteiger partial charge >= 0.3 is 0 Å². The van der Waals surface area contributed by atoms with E-state index in [9.17, 15) is 4.79 Å². The summed E-state index contributed by atoms with van der Waals surface area (Å²) in [7, 11) is 0. The quantitative estimate of drug-likeness (QED) is 0.859. The summed E-state index contributed by atoms with van der Waals surface area (Å²) in [4.78, 5) is 15.2. The maximum Gasteiger partial charge on any atom is 0.180 e. The molecule has 0 radical (unpaired) electrons. The molecule has 0 aliphatic carbocycles. The van der Waals surface area contributed by atoms with Gasteiger partial charge in [-0.25, -0.2) is 0 Å². The van der Waals surface area contributed by atoms with Gasteiger partial charge in [-0.05, 0) is 56.9 Å². The molecule has 1 unspecified atom stereocenters. The molecule has 1 N–H and O–H groups in total. The lowest BCUT2D eigenvalue weighted by molar-refractivity contribution is 0.0818. The number of hydrogen-bond acceptors (Lipinski definition) is 3. The first-order valence-electron chi connectivity index (χ1n) is 7.50. The largest absolute Gasteiger partial charge is 0.314 e. The van der Waals surface area contributed by atoms with Crippen LogP contribution in [0.3, 0.4) is 0 Å². The monoisotopic (exact) mass is 274 g/mol. The lowest BCUT2D eigenvalue weighted by Gasteiger charge is -2.32. The molecule has 1 fully saturated rings. The minimum absolute atomic E-state index is 0.0318. The molecule has 1 aliphatic rings. The molecule has 1 saturated heterocycles. The third kappa shape index (κ3) is 2.79. The standard InChI is InChI=1S/C17H26N2O/c1-11-10-12(2)14(4)16(13(11)3)17(20)15(5)19-8-6-18-7-9-19/h10,15,18H,6-9H2,1-5H3. The fourth-order valence-corrected chi connectivity index (χ4v) is 3.03. The number of hydrogen-bond donors (Lipinski definition) is 1. The second-order valence-corrected chi connectivity index (χ2v) is 5.96. The van der Waals surface area contributed by atoms with Crippen molar-refractivity contribution in [1.29, 1.82) is 0 Å². The molecular weight excluding hydrogens is 248 g/mol. The van der Waals surface area contributed by atoms with E-state index >= 15 is 0 Å². The average molecular weight is 274 g/mol. The van der Waals surface area contributed by atoms with E-state index in [-0.39, 0.29) is 11.8 Å². The molecule has 0 aromatic heterocycles. The lowest BCUT2D eigenvalue weighted by Crippen LogP contribution is -2.50. The first-order chi connectivity index (χ1) is 9.43. The van der Waals surface area contributed by atoms with Crippen LogP contribution in [0.1, 0.15) is 39.5 Å². The highest BCUT2D eigenvalue weighted by atomic mass is 16.1. The van der Waals surface area contributed by atoms with Crippen LogP contribution in [0.5, 0.6) is 0 Å². The molecule has 0 bridgehead atoms. The van der Waals surface area contributed by atoms with E-state index in [2.05, 4.69) is 44.0 Å². The average Bonchev–Trinajstić information content (AvgIpc) is 2.45. The number of carbonyl (C=O) groups is 1. The number of nitrogens with one attached hydrogen (secondary N) is 1. The Hall–Kier alpha value is -1.19. The highest BCUT2D eigenvalue weighted by Gasteiger charge is 2.26. The van der Waals surface area contributed by atoms with Gasteiger partial charge in [0.05, 0.1) is 6.04 Å². The van der Waals surface area contributed by atoms with Crippen LogP contribution < -0.4 is 5.32 Å². The first-order valence-corrected chi connectivity index (χ1v) is 7.50. The molecule has 0 spiro atoms. The molecule has 3 nitrogen and oxygen atoms in total. The highest BCUT2D eigenvalue weighted by Crippen LogP contribution is 2.24. The fraction of sp³-hybridized carbons (Fsp3) is 0.588. The number of nitrogens with zero attached hydrogens (tertiary/aromatic N) is 1. The van der Waals surface area contributed by atoms with E-state index in [4.69, 9.17) is 0 Å². The Labute approximate surface area is 122 Å². The van der Waals surface area contributed by atoms with Gasteiger partial charge in [0.25, 0.3) is 0 Å². The van der Waals surface area contributed by atoms with Gasteiger partial charge in [0.1, 0.15) is 0 Å². The number of ketones is 1. The van der Waals surface area contributed by atoms with Crippen LogP contribution in [0.2, 0.25) is 0 Å². The zero-order valence-electron chi connectivity index (χ0n) is 13.3. The SMILES string of the molecule is Cc1cc(C)c(C)c(C(=O)C(C)N2CCNCC2)c1C. The van der Waals surface area contributed by atoms with Crippen LogP contribution in [0.4, 0.5) is 0 Å². The van der Waals surface area contributed by atoms with Crippen molar-refractivity contribution in [1.82, 2.24) is 10.2 Å². The molecule has 0 amide bonds. The molecular formula is C17H26N2O. The van der Waals surface area contributed by atoms with Crippen LogP contribution in [0, 0.1) is 27.7 Å². The summed E-state index contributed by atoms with van der Waals surface area (Å²) in [5.41, 5.74) is 5.64. The van der Waals surface area contributed by atoms with E-state index in [0.29, 0.717) is 0 Å². The van der Waals surface area contributed by atoms with Crippen LogP contribution in [-0.2, 0) is 0 Å². The van der Waals surface area contributed by atoms with E-state index in [1.165, 1.54) is 11.1 Å². The molecule has 1 atom stereocenters. The first kappa shape index (κ1) is 15.2. The second kappa shape index (κ2) is 6.06. The predicted molar refractivity (Wildman–Crippen MR) is 83.6 cm³/mol. The number of rotatable bonds is 3. The van der Waals surface area contributed by atoms with E-state index in [1.54, 1.807) is 0 Å². The number of Topliss-reactive ketones (excluding diaryl/α,β-unsaturated/α-hetero) is 1. The summed E-state index contributed by atoms with van der Waals surface area (Å²) >= 11 is 0. The highest BCUT2D eigenvalue weighted by molar-refractivity contribution is 6.02. The van der Waals surface area contributed by atoms with Gasteiger partial charge in [0.2, 0.25) is 0 Å². The molecule has 0 saturated carbocycles. The van der Waals surface area contributed by atoms with Crippen molar-refractivity contribution in [3.8, 4) is 0 Å². The van der Waals surface area contributed by atoms with Gasteiger partial charge in [-0.1, -0.05) is 6.07 Å². The zero-order valence-corrected chi connectivity index (χ0v) is 13.3. The van der Waals surface area contributed by atoms with Crippen molar-refractivity contribution < 1.29 is 4.79 Å². The number of benzene rings is 1. The third-order valence-electron chi connectivity index (χ3n) is 4.69. The fourth-order valence-electron chi connectivity index (χ4n) is 3.03. The van der Waals surface area contributed by atoms with E-state index in [1.807, 2.05) is 6.92 Å². The van der Waals surface area contributed by atoms with Crippen molar-refractivity contribution in [2.75, 3.05) is 26.2 Å². The molecule has 110 valence electrons. The number of piperazine rings is 1. The van der Waals surface area contributed by atoms with E-state index < -0.39 is 0 Å². The molecule has 1 aromatic rings. The number of aryl methyl sites for hydroxylation is 2. The Bertz CT molecular complexity index is 490. The summed E-state index contributed by atoms with van der Waals surface area (Å²) in [5.74, 6) is 0.272. The smallest absolute Gasteiger partial charge is 0.180 e. The third-order valence-corrected chi connectivity index (χ3v) is 4.69. The Balaban J connectivity index is 2.33. The maximum atomic E-state index is 12.9. The summed E-state index contributed by atoms with van der Waals surface area (Å²) < 4.78 is 0. The van der Waals surface area contributed by atoms with E-state index in [0.717, 1.165) is 42.9 Å². The maximum absolute atomic E-state index is 12.9. The Morgan fingerprint density at radius 1 is 1.10 bits per heavy atom. The van der Waals surface area contributed by atoms with Crippen LogP contribution in [-0.4, -0.2) is 42.9 Å². The second-order valence-electron chi connectivity index (χ2n) is 5.96. The molecule has 1 aromatic carbocycles. The Kier molecular flexibility index (Phi) is 4.61. The molecule has 20 heavy (non-hydrogen) atoms. The topological polar surface area (TPSA) is 32.3 Å². The molecule has 1 heterocycles. The van der Waals surface area contributed by atoms with Crippen molar-refractivity contribution in [2.45, 2.75) is 40.7 Å². The molecule has 2 rings (SSSR count). The van der Waals surface area contributed by atoms with Crippen molar-refractivity contribution in [2.24, 2.45) is 0 Å².